The van der Waals surface area contributed by atoms with Crippen LogP contribution in [0.25, 0.3) is 0 Å². The molecule has 1 aliphatic rings. The van der Waals surface area contributed by atoms with Crippen LogP contribution in [0, 0.1) is 0 Å². The smallest absolute Gasteiger partial charge is 0.396 e. The molecule has 1 aromatic carbocycles. The van der Waals surface area contributed by atoms with Crippen molar-refractivity contribution in [1.82, 2.24) is 10.2 Å². The fourth-order valence-corrected chi connectivity index (χ4v) is 2.86. The van der Waals surface area contributed by atoms with E-state index in [2.05, 4.69) is 10.2 Å². The molecule has 118 valence electrons. The third-order valence-electron chi connectivity index (χ3n) is 3.85. The highest BCUT2D eigenvalue weighted by atomic mass is 19.4. The average Bonchev–Trinajstić information content (AvgIpc) is 2.48. The Balaban J connectivity index is 2.31. The second-order valence-electron chi connectivity index (χ2n) is 5.25. The van der Waals surface area contributed by atoms with Gasteiger partial charge in [-0.05, 0) is 24.5 Å². The summed E-state index contributed by atoms with van der Waals surface area (Å²) in [6.45, 7) is 3.01. The zero-order valence-corrected chi connectivity index (χ0v) is 11.9. The summed E-state index contributed by atoms with van der Waals surface area (Å²) in [5.74, 6) is 0. The first-order valence-corrected chi connectivity index (χ1v) is 7.26. The van der Waals surface area contributed by atoms with Crippen molar-refractivity contribution in [3.63, 3.8) is 0 Å². The lowest BCUT2D eigenvalue weighted by Gasteiger charge is -2.36. The highest BCUT2D eigenvalue weighted by Gasteiger charge is 2.36. The van der Waals surface area contributed by atoms with Crippen LogP contribution in [0.3, 0.4) is 0 Å². The molecule has 0 spiro atoms. The van der Waals surface area contributed by atoms with Gasteiger partial charge in [0.15, 0.2) is 0 Å². The van der Waals surface area contributed by atoms with Crippen molar-refractivity contribution in [2.24, 2.45) is 0 Å². The van der Waals surface area contributed by atoms with Crippen molar-refractivity contribution in [2.75, 3.05) is 32.8 Å². The Morgan fingerprint density at radius 3 is 2.48 bits per heavy atom. The maximum atomic E-state index is 13.2. The summed E-state index contributed by atoms with van der Waals surface area (Å²) < 4.78 is 39.7. The van der Waals surface area contributed by atoms with Crippen molar-refractivity contribution in [3.05, 3.63) is 35.4 Å². The number of benzene rings is 1. The van der Waals surface area contributed by atoms with Crippen LogP contribution in [0.15, 0.2) is 24.3 Å². The Morgan fingerprint density at radius 1 is 1.19 bits per heavy atom. The number of piperazine rings is 1. The van der Waals surface area contributed by atoms with Crippen LogP contribution in [0.5, 0.6) is 0 Å². The van der Waals surface area contributed by atoms with Crippen molar-refractivity contribution in [1.29, 1.82) is 0 Å². The quantitative estimate of drug-likeness (QED) is 0.877. The minimum absolute atomic E-state index is 0.00320. The first-order valence-electron chi connectivity index (χ1n) is 7.26. The summed E-state index contributed by atoms with van der Waals surface area (Å²) in [7, 11) is 0. The van der Waals surface area contributed by atoms with E-state index in [0.29, 0.717) is 18.4 Å². The zero-order valence-electron chi connectivity index (χ0n) is 11.9. The lowest BCUT2D eigenvalue weighted by molar-refractivity contribution is -0.138. The van der Waals surface area contributed by atoms with E-state index in [4.69, 9.17) is 5.11 Å². The fourth-order valence-electron chi connectivity index (χ4n) is 2.86. The molecule has 1 saturated heterocycles. The van der Waals surface area contributed by atoms with Gasteiger partial charge < -0.3 is 10.4 Å². The van der Waals surface area contributed by atoms with Gasteiger partial charge in [0.2, 0.25) is 0 Å². The van der Waals surface area contributed by atoms with E-state index in [1.165, 1.54) is 6.07 Å². The van der Waals surface area contributed by atoms with Crippen LogP contribution in [-0.4, -0.2) is 42.8 Å². The number of aliphatic hydroxyl groups excluding tert-OH is 1. The van der Waals surface area contributed by atoms with Crippen LogP contribution >= 0.6 is 0 Å². The molecule has 1 fully saturated rings. The molecule has 0 bridgehead atoms. The Kier molecular flexibility index (Phi) is 5.61. The Labute approximate surface area is 122 Å². The third-order valence-corrected chi connectivity index (χ3v) is 3.85. The van der Waals surface area contributed by atoms with Gasteiger partial charge in [-0.2, -0.15) is 13.2 Å². The summed E-state index contributed by atoms with van der Waals surface area (Å²) in [6, 6.07) is 5.49. The van der Waals surface area contributed by atoms with E-state index in [1.807, 2.05) is 0 Å². The molecular formula is C15H21F3N2O. The average molecular weight is 302 g/mol. The SMILES string of the molecule is OCCC[C@@H](c1ccccc1C(F)(F)F)N1CCNCC1. The summed E-state index contributed by atoms with van der Waals surface area (Å²) >= 11 is 0. The van der Waals surface area contributed by atoms with Gasteiger partial charge in [-0.1, -0.05) is 18.2 Å². The second kappa shape index (κ2) is 7.24. The maximum absolute atomic E-state index is 13.2. The Hall–Kier alpha value is -1.11. The molecule has 0 amide bonds. The van der Waals surface area contributed by atoms with Crippen molar-refractivity contribution in [2.45, 2.75) is 25.1 Å². The molecule has 1 aliphatic heterocycles. The highest BCUT2D eigenvalue weighted by molar-refractivity contribution is 5.32. The van der Waals surface area contributed by atoms with Crippen LogP contribution in [0.2, 0.25) is 0 Å². The number of hydrogen-bond acceptors (Lipinski definition) is 3. The van der Waals surface area contributed by atoms with Crippen LogP contribution in [0.1, 0.15) is 30.0 Å². The van der Waals surface area contributed by atoms with Crippen LogP contribution in [0.4, 0.5) is 13.2 Å². The first-order chi connectivity index (χ1) is 10.0. The molecule has 0 aliphatic carbocycles. The van der Waals surface area contributed by atoms with Crippen molar-refractivity contribution < 1.29 is 18.3 Å². The van der Waals surface area contributed by atoms with E-state index < -0.39 is 11.7 Å². The normalized spacial score (nSPS) is 18.7. The Morgan fingerprint density at radius 2 is 1.86 bits per heavy atom. The molecule has 2 N–H and O–H groups in total. The lowest BCUT2D eigenvalue weighted by atomic mass is 9.94. The van der Waals surface area contributed by atoms with E-state index in [1.54, 1.807) is 12.1 Å². The minimum Gasteiger partial charge on any atom is -0.396 e. The van der Waals surface area contributed by atoms with Gasteiger partial charge in [-0.3, -0.25) is 4.90 Å². The lowest BCUT2D eigenvalue weighted by Crippen LogP contribution is -2.45. The summed E-state index contributed by atoms with van der Waals surface area (Å²) in [5, 5.41) is 12.2. The number of nitrogens with zero attached hydrogens (tertiary/aromatic N) is 1. The number of nitrogens with one attached hydrogen (secondary N) is 1. The third kappa shape index (κ3) is 4.18. The first kappa shape index (κ1) is 16.3. The molecule has 0 unspecified atom stereocenters. The second-order valence-corrected chi connectivity index (χ2v) is 5.25. The summed E-state index contributed by atoms with van der Waals surface area (Å²) in [5.41, 5.74) is -0.244. The van der Waals surface area contributed by atoms with Gasteiger partial charge in [0.05, 0.1) is 5.56 Å². The molecule has 0 aromatic heterocycles. The Bertz CT molecular complexity index is 445. The van der Waals surface area contributed by atoms with Gasteiger partial charge in [0.25, 0.3) is 0 Å². The number of halogens is 3. The molecule has 3 nitrogen and oxygen atoms in total. The number of hydrogen-bond donors (Lipinski definition) is 2. The monoisotopic (exact) mass is 302 g/mol. The van der Waals surface area contributed by atoms with Gasteiger partial charge in [0.1, 0.15) is 0 Å². The predicted molar refractivity (Wildman–Crippen MR) is 74.9 cm³/mol. The van der Waals surface area contributed by atoms with Crippen LogP contribution in [-0.2, 0) is 6.18 Å². The molecule has 1 heterocycles. The maximum Gasteiger partial charge on any atom is 0.416 e. The van der Waals surface area contributed by atoms with Crippen molar-refractivity contribution >= 4 is 0 Å². The largest absolute Gasteiger partial charge is 0.416 e. The highest BCUT2D eigenvalue weighted by Crippen LogP contribution is 2.37. The fraction of sp³-hybridized carbons (Fsp3) is 0.600. The zero-order chi connectivity index (χ0) is 15.3. The van der Waals surface area contributed by atoms with Gasteiger partial charge >= 0.3 is 6.18 Å². The molecule has 1 atom stereocenters. The van der Waals surface area contributed by atoms with E-state index in [9.17, 15) is 13.2 Å². The molecule has 6 heteroatoms. The predicted octanol–water partition coefficient (Wildman–Crippen LogP) is 2.42. The standard InChI is InChI=1S/C15H21F3N2O/c16-15(17,18)13-5-2-1-4-12(13)14(6-3-11-21)20-9-7-19-8-10-20/h1-2,4-5,14,19,21H,3,6-11H2/t14-/m0/s1. The topological polar surface area (TPSA) is 35.5 Å². The van der Waals surface area contributed by atoms with Gasteiger partial charge in [0, 0.05) is 38.8 Å². The molecule has 0 radical (unpaired) electrons. The molecular weight excluding hydrogens is 281 g/mol. The molecule has 0 saturated carbocycles. The number of alkyl halides is 3. The van der Waals surface area contributed by atoms with E-state index >= 15 is 0 Å². The molecule has 2 rings (SSSR count). The van der Waals surface area contributed by atoms with Crippen LogP contribution < -0.4 is 5.32 Å². The van der Waals surface area contributed by atoms with Gasteiger partial charge in [-0.25, -0.2) is 0 Å². The molecule has 1 aromatic rings. The van der Waals surface area contributed by atoms with Crippen molar-refractivity contribution in [3.8, 4) is 0 Å². The summed E-state index contributed by atoms with van der Waals surface area (Å²) in [4.78, 5) is 2.08. The number of aliphatic hydroxyl groups is 1. The molecule has 21 heavy (non-hydrogen) atoms. The summed E-state index contributed by atoms with van der Waals surface area (Å²) in [6.07, 6.45) is -3.31. The van der Waals surface area contributed by atoms with E-state index in [-0.39, 0.29) is 12.6 Å². The van der Waals surface area contributed by atoms with Gasteiger partial charge in [-0.15, -0.1) is 0 Å². The minimum atomic E-state index is -4.35. The van der Waals surface area contributed by atoms with E-state index in [0.717, 1.165) is 32.2 Å². The number of rotatable bonds is 5.